The maximum atomic E-state index is 2.31. The minimum absolute atomic E-state index is 1.28. The predicted octanol–water partition coefficient (Wildman–Crippen LogP) is 4.62. The Hall–Kier alpha value is -2.28. The Bertz CT molecular complexity index is 687. The van der Waals surface area contributed by atoms with E-state index < -0.39 is 0 Å². The second-order valence-electron chi connectivity index (χ2n) is 4.32. The van der Waals surface area contributed by atoms with Crippen LogP contribution in [0.2, 0.25) is 0 Å². The maximum Gasteiger partial charge on any atom is 0.0703 e. The first-order valence-electron chi connectivity index (χ1n) is 5.82. The third-order valence-electron chi connectivity index (χ3n) is 3.32. The first-order valence-corrected chi connectivity index (χ1v) is 5.82. The molecular formula is C16H11N. The van der Waals surface area contributed by atoms with Gasteiger partial charge in [-0.05, 0) is 23.6 Å². The molecule has 1 nitrogen and oxygen atoms in total. The van der Waals surface area contributed by atoms with E-state index in [2.05, 4.69) is 71.6 Å². The Labute approximate surface area is 99.9 Å². The zero-order valence-corrected chi connectivity index (χ0v) is 9.30. The van der Waals surface area contributed by atoms with Crippen molar-refractivity contribution in [1.82, 2.24) is 0 Å². The van der Waals surface area contributed by atoms with Crippen LogP contribution < -0.4 is 4.90 Å². The van der Waals surface area contributed by atoms with Crippen LogP contribution in [0.4, 0.5) is 17.1 Å². The lowest BCUT2D eigenvalue weighted by molar-refractivity contribution is 1.53. The Balaban J connectivity index is 1.94. The van der Waals surface area contributed by atoms with E-state index in [9.17, 15) is 0 Å². The van der Waals surface area contributed by atoms with Gasteiger partial charge in [-0.1, -0.05) is 48.5 Å². The van der Waals surface area contributed by atoms with Gasteiger partial charge in [0.15, 0.2) is 0 Å². The van der Waals surface area contributed by atoms with Gasteiger partial charge in [0.05, 0.1) is 17.1 Å². The Morgan fingerprint density at radius 2 is 1.12 bits per heavy atom. The molecule has 0 saturated carbocycles. The lowest BCUT2D eigenvalue weighted by Crippen LogP contribution is -1.89. The summed E-state index contributed by atoms with van der Waals surface area (Å²) >= 11 is 0. The van der Waals surface area contributed by atoms with Crippen LogP contribution in [0.3, 0.4) is 0 Å². The fraction of sp³-hybridized carbons (Fsp3) is 0. The van der Waals surface area contributed by atoms with Crippen LogP contribution in [0.25, 0.3) is 10.8 Å². The maximum absolute atomic E-state index is 2.31. The molecule has 1 aliphatic heterocycles. The van der Waals surface area contributed by atoms with Crippen LogP contribution in [0, 0.1) is 0 Å². The summed E-state index contributed by atoms with van der Waals surface area (Å²) in [4.78, 5) is 2.31. The van der Waals surface area contributed by atoms with Crippen molar-refractivity contribution >= 4 is 27.8 Å². The molecule has 0 N–H and O–H groups in total. The SMILES string of the molecule is c1ccc2c(c1)N2c1cccc2ccccc12. The van der Waals surface area contributed by atoms with Gasteiger partial charge in [-0.3, -0.25) is 0 Å². The molecule has 0 aliphatic carbocycles. The van der Waals surface area contributed by atoms with E-state index in [0.717, 1.165) is 0 Å². The molecule has 0 fully saturated rings. The average molecular weight is 217 g/mol. The van der Waals surface area contributed by atoms with Gasteiger partial charge in [0, 0.05) is 5.39 Å². The highest BCUT2D eigenvalue weighted by Crippen LogP contribution is 2.54. The van der Waals surface area contributed by atoms with Gasteiger partial charge in [0.2, 0.25) is 0 Å². The van der Waals surface area contributed by atoms with Crippen molar-refractivity contribution in [2.75, 3.05) is 4.90 Å². The summed E-state index contributed by atoms with van der Waals surface area (Å²) in [6.07, 6.45) is 0. The van der Waals surface area contributed by atoms with Crippen LogP contribution >= 0.6 is 0 Å². The van der Waals surface area contributed by atoms with Crippen molar-refractivity contribution in [2.45, 2.75) is 0 Å². The fourth-order valence-corrected chi connectivity index (χ4v) is 2.47. The molecule has 1 aliphatic rings. The summed E-state index contributed by atoms with van der Waals surface area (Å²) in [5.74, 6) is 0. The van der Waals surface area contributed by atoms with Crippen molar-refractivity contribution in [3.8, 4) is 0 Å². The Kier molecular flexibility index (Phi) is 1.61. The normalized spacial score (nSPS) is 12.6. The molecule has 0 radical (unpaired) electrons. The number of para-hydroxylation sites is 2. The second kappa shape index (κ2) is 3.11. The number of anilines is 3. The quantitative estimate of drug-likeness (QED) is 0.420. The van der Waals surface area contributed by atoms with E-state index in [1.54, 1.807) is 0 Å². The fourth-order valence-electron chi connectivity index (χ4n) is 2.47. The molecule has 0 saturated heterocycles. The molecule has 0 bridgehead atoms. The summed E-state index contributed by atoms with van der Waals surface area (Å²) in [6.45, 7) is 0. The van der Waals surface area contributed by atoms with Crippen molar-refractivity contribution in [1.29, 1.82) is 0 Å². The van der Waals surface area contributed by atoms with Crippen LogP contribution in [0.1, 0.15) is 0 Å². The molecule has 4 rings (SSSR count). The zero-order chi connectivity index (χ0) is 11.2. The van der Waals surface area contributed by atoms with Gasteiger partial charge in [-0.2, -0.15) is 0 Å². The monoisotopic (exact) mass is 217 g/mol. The first kappa shape index (κ1) is 8.82. The average Bonchev–Trinajstić information content (AvgIpc) is 3.12. The summed E-state index contributed by atoms with van der Waals surface area (Å²) < 4.78 is 0. The standard InChI is InChI=1S/C16H11N/c1-2-8-13-12(6-1)7-5-11-14(13)17-15-9-3-4-10-16(15)17/h1-11H. The highest BCUT2D eigenvalue weighted by Gasteiger charge is 2.30. The number of hydrogen-bond acceptors (Lipinski definition) is 1. The lowest BCUT2D eigenvalue weighted by Gasteiger charge is -2.07. The van der Waals surface area contributed by atoms with Gasteiger partial charge in [-0.25, -0.2) is 0 Å². The first-order chi connectivity index (χ1) is 8.45. The number of fused-ring (bicyclic) bond motifs is 2. The lowest BCUT2D eigenvalue weighted by atomic mass is 10.1. The second-order valence-corrected chi connectivity index (χ2v) is 4.32. The largest absolute Gasteiger partial charge is 0.306 e. The molecule has 3 aromatic carbocycles. The van der Waals surface area contributed by atoms with Gasteiger partial charge < -0.3 is 4.90 Å². The van der Waals surface area contributed by atoms with Crippen LogP contribution in [-0.4, -0.2) is 0 Å². The van der Waals surface area contributed by atoms with Crippen molar-refractivity contribution in [3.63, 3.8) is 0 Å². The summed E-state index contributed by atoms with van der Waals surface area (Å²) in [5, 5.41) is 2.61. The molecule has 17 heavy (non-hydrogen) atoms. The van der Waals surface area contributed by atoms with Crippen LogP contribution in [0.5, 0.6) is 0 Å². The number of hydrogen-bond donors (Lipinski definition) is 0. The summed E-state index contributed by atoms with van der Waals surface area (Å²) in [7, 11) is 0. The molecule has 3 aromatic rings. The third kappa shape index (κ3) is 1.19. The van der Waals surface area contributed by atoms with Crippen molar-refractivity contribution in [3.05, 3.63) is 66.7 Å². The topological polar surface area (TPSA) is 3.01 Å². The summed E-state index contributed by atoms with van der Waals surface area (Å²) in [6, 6.07) is 23.5. The van der Waals surface area contributed by atoms with Gasteiger partial charge in [-0.15, -0.1) is 0 Å². The number of benzene rings is 3. The zero-order valence-electron chi connectivity index (χ0n) is 9.30. The van der Waals surface area contributed by atoms with E-state index in [1.807, 2.05) is 0 Å². The number of rotatable bonds is 1. The van der Waals surface area contributed by atoms with Gasteiger partial charge in [0.1, 0.15) is 0 Å². The van der Waals surface area contributed by atoms with Gasteiger partial charge >= 0.3 is 0 Å². The molecule has 0 aromatic heterocycles. The highest BCUT2D eigenvalue weighted by atomic mass is 15.3. The van der Waals surface area contributed by atoms with Gasteiger partial charge in [0.25, 0.3) is 0 Å². The molecule has 0 atom stereocenters. The van der Waals surface area contributed by atoms with Crippen molar-refractivity contribution in [2.24, 2.45) is 0 Å². The third-order valence-corrected chi connectivity index (χ3v) is 3.32. The Morgan fingerprint density at radius 1 is 0.529 bits per heavy atom. The highest BCUT2D eigenvalue weighted by molar-refractivity contribution is 6.08. The van der Waals surface area contributed by atoms with E-state index in [1.165, 1.54) is 27.8 Å². The molecule has 1 heteroatoms. The van der Waals surface area contributed by atoms with Crippen LogP contribution in [0.15, 0.2) is 66.7 Å². The smallest absolute Gasteiger partial charge is 0.0703 e. The molecular weight excluding hydrogens is 206 g/mol. The minimum atomic E-state index is 1.28. The molecule has 80 valence electrons. The summed E-state index contributed by atoms with van der Waals surface area (Å²) in [5.41, 5.74) is 3.93. The molecule has 0 unspecified atom stereocenters. The predicted molar refractivity (Wildman–Crippen MR) is 72.2 cm³/mol. The molecule has 0 spiro atoms. The van der Waals surface area contributed by atoms with E-state index >= 15 is 0 Å². The minimum Gasteiger partial charge on any atom is -0.306 e. The molecule has 0 amide bonds. The Morgan fingerprint density at radius 3 is 1.94 bits per heavy atom. The number of nitrogens with zero attached hydrogens (tertiary/aromatic N) is 1. The van der Waals surface area contributed by atoms with E-state index in [-0.39, 0.29) is 0 Å². The molecule has 1 heterocycles. The van der Waals surface area contributed by atoms with E-state index in [0.29, 0.717) is 0 Å². The van der Waals surface area contributed by atoms with E-state index in [4.69, 9.17) is 0 Å². The van der Waals surface area contributed by atoms with Crippen LogP contribution in [-0.2, 0) is 0 Å². The van der Waals surface area contributed by atoms with Crippen molar-refractivity contribution < 1.29 is 0 Å².